The second-order valence-corrected chi connectivity index (χ2v) is 5.01. The maximum absolute atomic E-state index is 10.8. The van der Waals surface area contributed by atoms with Crippen molar-refractivity contribution in [1.82, 2.24) is 0 Å². The molecule has 88 valence electrons. The Morgan fingerprint density at radius 1 is 0.600 bits per heavy atom. The second-order valence-electron chi connectivity index (χ2n) is 5.01. The van der Waals surface area contributed by atoms with Gasteiger partial charge in [-0.2, -0.15) is 0 Å². The van der Waals surface area contributed by atoms with E-state index in [-0.39, 0.29) is 0 Å². The largest absolute Gasteiger partial charge is 0.303 e. The van der Waals surface area contributed by atoms with Gasteiger partial charge in [0.05, 0.1) is 0 Å². The van der Waals surface area contributed by atoms with Crippen LogP contribution in [0.3, 0.4) is 0 Å². The summed E-state index contributed by atoms with van der Waals surface area (Å²) in [6, 6.07) is 0. The highest BCUT2D eigenvalue weighted by molar-refractivity contribution is 5.53. The van der Waals surface area contributed by atoms with Gasteiger partial charge in [0, 0.05) is 5.92 Å². The van der Waals surface area contributed by atoms with Crippen molar-refractivity contribution >= 4 is 6.29 Å². The summed E-state index contributed by atoms with van der Waals surface area (Å²) in [6.45, 7) is 0. The van der Waals surface area contributed by atoms with Crippen LogP contribution in [0.15, 0.2) is 0 Å². The zero-order valence-electron chi connectivity index (χ0n) is 10.0. The molecule has 0 saturated heterocycles. The fourth-order valence-corrected chi connectivity index (χ4v) is 2.51. The third kappa shape index (κ3) is 6.70. The van der Waals surface area contributed by atoms with Gasteiger partial charge in [-0.3, -0.25) is 0 Å². The molecule has 0 aliphatic heterocycles. The van der Waals surface area contributed by atoms with Crippen LogP contribution >= 0.6 is 0 Å². The minimum absolute atomic E-state index is 0.366. The van der Waals surface area contributed by atoms with Gasteiger partial charge in [0.15, 0.2) is 0 Å². The third-order valence-electron chi connectivity index (χ3n) is 3.59. The number of carbonyl (C=O) groups excluding carboxylic acids is 1. The van der Waals surface area contributed by atoms with Gasteiger partial charge in [-0.1, -0.05) is 64.2 Å². The summed E-state index contributed by atoms with van der Waals surface area (Å²) < 4.78 is 0. The predicted octanol–water partition coefficient (Wildman–Crippen LogP) is 4.50. The van der Waals surface area contributed by atoms with E-state index in [1.54, 1.807) is 0 Å². The first-order valence-corrected chi connectivity index (χ1v) is 6.89. The van der Waals surface area contributed by atoms with Crippen molar-refractivity contribution in [2.24, 2.45) is 5.92 Å². The molecule has 0 radical (unpaired) electrons. The smallest absolute Gasteiger partial charge is 0.123 e. The van der Waals surface area contributed by atoms with Crippen molar-refractivity contribution in [3.8, 4) is 0 Å². The van der Waals surface area contributed by atoms with E-state index in [0.29, 0.717) is 5.92 Å². The zero-order valence-corrected chi connectivity index (χ0v) is 10.0. The van der Waals surface area contributed by atoms with Gasteiger partial charge in [0.25, 0.3) is 0 Å². The molecule has 1 nitrogen and oxygen atoms in total. The maximum Gasteiger partial charge on any atom is 0.123 e. The average molecular weight is 210 g/mol. The van der Waals surface area contributed by atoms with E-state index in [1.807, 2.05) is 0 Å². The van der Waals surface area contributed by atoms with Crippen LogP contribution in [0.25, 0.3) is 0 Å². The number of hydrogen-bond donors (Lipinski definition) is 0. The summed E-state index contributed by atoms with van der Waals surface area (Å²) in [5, 5.41) is 0. The van der Waals surface area contributed by atoms with Crippen LogP contribution in [-0.4, -0.2) is 6.29 Å². The van der Waals surface area contributed by atoms with Crippen molar-refractivity contribution in [2.75, 3.05) is 0 Å². The molecule has 1 saturated carbocycles. The van der Waals surface area contributed by atoms with Crippen LogP contribution in [0, 0.1) is 5.92 Å². The Morgan fingerprint density at radius 3 is 1.27 bits per heavy atom. The quantitative estimate of drug-likeness (QED) is 0.582. The lowest BCUT2D eigenvalue weighted by Gasteiger charge is -2.08. The highest BCUT2D eigenvalue weighted by Gasteiger charge is 2.07. The van der Waals surface area contributed by atoms with E-state index in [9.17, 15) is 4.79 Å². The molecule has 15 heavy (non-hydrogen) atoms. The first-order valence-electron chi connectivity index (χ1n) is 6.89. The van der Waals surface area contributed by atoms with Crippen LogP contribution in [0.2, 0.25) is 0 Å². The molecule has 0 bridgehead atoms. The molecule has 0 amide bonds. The van der Waals surface area contributed by atoms with Gasteiger partial charge in [-0.25, -0.2) is 0 Å². The van der Waals surface area contributed by atoms with Gasteiger partial charge < -0.3 is 4.79 Å². The molecule has 0 aromatic heterocycles. The molecule has 1 fully saturated rings. The summed E-state index contributed by atoms with van der Waals surface area (Å²) in [6.07, 6.45) is 17.1. The maximum atomic E-state index is 10.8. The fraction of sp³-hybridized carbons (Fsp3) is 0.929. The molecule has 1 rings (SSSR count). The Kier molecular flexibility index (Phi) is 7.59. The highest BCUT2D eigenvalue weighted by Crippen LogP contribution is 2.19. The van der Waals surface area contributed by atoms with E-state index < -0.39 is 0 Å². The van der Waals surface area contributed by atoms with E-state index in [1.165, 1.54) is 70.5 Å². The number of hydrogen-bond acceptors (Lipinski definition) is 1. The predicted molar refractivity (Wildman–Crippen MR) is 65.0 cm³/mol. The summed E-state index contributed by atoms with van der Waals surface area (Å²) in [5.41, 5.74) is 0. The molecule has 0 N–H and O–H groups in total. The minimum atomic E-state index is 0.366. The van der Waals surface area contributed by atoms with Crippen molar-refractivity contribution in [1.29, 1.82) is 0 Å². The Bertz CT molecular complexity index is 139. The molecular formula is C14H26O. The van der Waals surface area contributed by atoms with E-state index >= 15 is 0 Å². The monoisotopic (exact) mass is 210 g/mol. The SMILES string of the molecule is O=CC1CCCCCCCCCCCC1. The topological polar surface area (TPSA) is 17.1 Å². The lowest BCUT2D eigenvalue weighted by Crippen LogP contribution is -2.01. The number of carbonyl (C=O) groups is 1. The van der Waals surface area contributed by atoms with Crippen molar-refractivity contribution in [3.63, 3.8) is 0 Å². The number of rotatable bonds is 1. The molecule has 0 spiro atoms. The second kappa shape index (κ2) is 8.94. The van der Waals surface area contributed by atoms with Gasteiger partial charge in [0.1, 0.15) is 6.29 Å². The van der Waals surface area contributed by atoms with Crippen LogP contribution in [0.5, 0.6) is 0 Å². The van der Waals surface area contributed by atoms with Crippen molar-refractivity contribution in [2.45, 2.75) is 77.0 Å². The molecule has 0 unspecified atom stereocenters. The summed E-state index contributed by atoms with van der Waals surface area (Å²) in [7, 11) is 0. The minimum Gasteiger partial charge on any atom is -0.303 e. The van der Waals surface area contributed by atoms with Gasteiger partial charge in [-0.05, 0) is 12.8 Å². The molecule has 1 aliphatic rings. The van der Waals surface area contributed by atoms with Gasteiger partial charge >= 0.3 is 0 Å². The average Bonchev–Trinajstić information content (AvgIpc) is 2.29. The fourth-order valence-electron chi connectivity index (χ4n) is 2.51. The van der Waals surface area contributed by atoms with E-state index in [0.717, 1.165) is 12.8 Å². The molecule has 1 heteroatoms. The summed E-state index contributed by atoms with van der Waals surface area (Å²) >= 11 is 0. The molecule has 0 atom stereocenters. The van der Waals surface area contributed by atoms with Crippen LogP contribution in [-0.2, 0) is 4.79 Å². The first kappa shape index (κ1) is 12.7. The van der Waals surface area contributed by atoms with Crippen LogP contribution < -0.4 is 0 Å². The van der Waals surface area contributed by atoms with Crippen molar-refractivity contribution < 1.29 is 4.79 Å². The lowest BCUT2D eigenvalue weighted by atomic mass is 9.96. The molecule has 0 heterocycles. The van der Waals surface area contributed by atoms with E-state index in [2.05, 4.69) is 0 Å². The molecule has 1 aliphatic carbocycles. The van der Waals surface area contributed by atoms with E-state index in [4.69, 9.17) is 0 Å². The summed E-state index contributed by atoms with van der Waals surface area (Å²) in [5.74, 6) is 0.366. The number of aldehydes is 1. The Labute approximate surface area is 94.6 Å². The Balaban J connectivity index is 2.20. The van der Waals surface area contributed by atoms with Crippen LogP contribution in [0.1, 0.15) is 77.0 Å². The lowest BCUT2D eigenvalue weighted by molar-refractivity contribution is -0.111. The van der Waals surface area contributed by atoms with Gasteiger partial charge in [0.2, 0.25) is 0 Å². The Hall–Kier alpha value is -0.330. The highest BCUT2D eigenvalue weighted by atomic mass is 16.1. The third-order valence-corrected chi connectivity index (χ3v) is 3.59. The van der Waals surface area contributed by atoms with Crippen molar-refractivity contribution in [3.05, 3.63) is 0 Å². The zero-order chi connectivity index (χ0) is 10.8. The first-order chi connectivity index (χ1) is 7.43. The summed E-state index contributed by atoms with van der Waals surface area (Å²) in [4.78, 5) is 10.8. The standard InChI is InChI=1S/C14H26O/c15-13-14-11-9-7-5-3-1-2-4-6-8-10-12-14/h13-14H,1-12H2. The molecule has 0 aromatic rings. The Morgan fingerprint density at radius 2 is 0.933 bits per heavy atom. The normalized spacial score (nSPS) is 23.5. The molecular weight excluding hydrogens is 184 g/mol. The molecule has 0 aromatic carbocycles. The van der Waals surface area contributed by atoms with Crippen LogP contribution in [0.4, 0.5) is 0 Å². The van der Waals surface area contributed by atoms with Gasteiger partial charge in [-0.15, -0.1) is 0 Å².